The number of pyridine rings is 1. The second-order valence-electron chi connectivity index (χ2n) is 7.81. The number of esters is 1. The molecule has 8 heteroatoms. The van der Waals surface area contributed by atoms with E-state index in [0.29, 0.717) is 38.9 Å². The number of carbonyl (C=O) groups excluding carboxylic acids is 1. The minimum absolute atomic E-state index is 0.218. The van der Waals surface area contributed by atoms with Crippen LogP contribution < -0.4 is 14.9 Å². The lowest BCUT2D eigenvalue weighted by molar-refractivity contribution is -0.174. The average Bonchev–Trinajstić information content (AvgIpc) is 2.73. The first kappa shape index (κ1) is 20.5. The van der Waals surface area contributed by atoms with E-state index in [1.165, 1.54) is 7.11 Å². The maximum atomic E-state index is 13.3. The Balaban J connectivity index is 2.11. The molecule has 0 spiro atoms. The summed E-state index contributed by atoms with van der Waals surface area (Å²) < 4.78 is 18.9. The lowest BCUT2D eigenvalue weighted by Crippen LogP contribution is -2.51. The van der Waals surface area contributed by atoms with Crippen molar-refractivity contribution in [1.82, 2.24) is 4.57 Å². The van der Waals surface area contributed by atoms with Crippen LogP contribution in [-0.4, -0.2) is 40.3 Å². The third-order valence-electron chi connectivity index (χ3n) is 5.57. The number of halogens is 1. The van der Waals surface area contributed by atoms with E-state index in [9.17, 15) is 14.7 Å². The molecule has 0 unspecified atom stereocenters. The van der Waals surface area contributed by atoms with E-state index in [2.05, 4.69) is 0 Å². The highest BCUT2D eigenvalue weighted by Gasteiger charge is 2.47. The zero-order valence-electron chi connectivity index (χ0n) is 17.1. The Morgan fingerprint density at radius 3 is 2.70 bits per heavy atom. The molecule has 4 rings (SSSR count). The van der Waals surface area contributed by atoms with E-state index in [1.54, 1.807) is 39.1 Å². The molecule has 0 fully saturated rings. The van der Waals surface area contributed by atoms with Gasteiger partial charge >= 0.3 is 5.97 Å². The van der Waals surface area contributed by atoms with Gasteiger partial charge < -0.3 is 23.9 Å². The van der Waals surface area contributed by atoms with Gasteiger partial charge in [-0.1, -0.05) is 12.1 Å². The number of methoxy groups -OCH3 is 1. The van der Waals surface area contributed by atoms with Crippen molar-refractivity contribution in [3.05, 3.63) is 46.1 Å². The van der Waals surface area contributed by atoms with Crippen molar-refractivity contribution in [2.75, 3.05) is 13.0 Å². The number of aryl methyl sites for hydroxylation is 1. The predicted molar refractivity (Wildman–Crippen MR) is 114 cm³/mol. The number of nitrogens with zero attached hydrogens (tertiary/aromatic N) is 1. The molecule has 0 bridgehead atoms. The molecule has 158 valence electrons. The van der Waals surface area contributed by atoms with Gasteiger partial charge in [-0.05, 0) is 26.0 Å². The van der Waals surface area contributed by atoms with Crippen LogP contribution in [0.15, 0.2) is 35.1 Å². The molecule has 0 saturated heterocycles. The van der Waals surface area contributed by atoms with Crippen molar-refractivity contribution in [3.8, 4) is 11.5 Å². The van der Waals surface area contributed by atoms with Gasteiger partial charge in [0.15, 0.2) is 6.10 Å². The number of rotatable bonds is 3. The first-order valence-electron chi connectivity index (χ1n) is 9.46. The highest BCUT2D eigenvalue weighted by molar-refractivity contribution is 6.26. The minimum atomic E-state index is -1.24. The number of carbonyl (C=O) groups is 1. The van der Waals surface area contributed by atoms with Gasteiger partial charge in [-0.2, -0.15) is 0 Å². The predicted octanol–water partition coefficient (Wildman–Crippen LogP) is 3.06. The maximum absolute atomic E-state index is 13.3. The second-order valence-corrected chi connectivity index (χ2v) is 8.08. The average molecular weight is 432 g/mol. The largest absolute Gasteiger partial charge is 0.496 e. The van der Waals surface area contributed by atoms with Crippen molar-refractivity contribution in [1.29, 1.82) is 0 Å². The molecule has 1 N–H and O–H groups in total. The summed E-state index contributed by atoms with van der Waals surface area (Å²) in [5.74, 6) is -0.314. The summed E-state index contributed by atoms with van der Waals surface area (Å²) in [5, 5.41) is 12.1. The molecule has 3 aromatic rings. The van der Waals surface area contributed by atoms with Gasteiger partial charge in [0.2, 0.25) is 5.43 Å². The molecule has 0 aliphatic carbocycles. The molecule has 7 nitrogen and oxygen atoms in total. The van der Waals surface area contributed by atoms with Crippen LogP contribution >= 0.6 is 11.6 Å². The van der Waals surface area contributed by atoms with Gasteiger partial charge in [0.1, 0.15) is 29.1 Å². The number of aliphatic hydroxyl groups is 1. The Hall–Kier alpha value is -2.77. The molecular weight excluding hydrogens is 410 g/mol. The van der Waals surface area contributed by atoms with E-state index < -0.39 is 23.8 Å². The fourth-order valence-corrected chi connectivity index (χ4v) is 4.26. The number of fused-ring (bicyclic) bond motifs is 4. The van der Waals surface area contributed by atoms with E-state index in [0.717, 1.165) is 0 Å². The van der Waals surface area contributed by atoms with Crippen LogP contribution in [0.3, 0.4) is 0 Å². The van der Waals surface area contributed by atoms with Gasteiger partial charge in [-0.25, -0.2) is 0 Å². The molecular formula is C22H22ClNO6. The summed E-state index contributed by atoms with van der Waals surface area (Å²) in [4.78, 5) is 25.2. The standard InChI is InChI=1S/C22H22ClNO6/c1-22(2)21(29-15(25)10-23)20(27)17-14(30-22)9-13(28-4)16-18(17)24(3)12-8-6-5-7-11(12)19(16)26/h5-9,20-21,27H,10H2,1-4H3/t20-,21+/m1/s1. The van der Waals surface area contributed by atoms with Crippen LogP contribution in [0, 0.1) is 0 Å². The monoisotopic (exact) mass is 431 g/mol. The number of benzene rings is 2. The highest BCUT2D eigenvalue weighted by Crippen LogP contribution is 2.47. The van der Waals surface area contributed by atoms with Crippen LogP contribution in [0.25, 0.3) is 21.8 Å². The summed E-state index contributed by atoms with van der Waals surface area (Å²) >= 11 is 5.60. The summed E-state index contributed by atoms with van der Waals surface area (Å²) in [7, 11) is 3.28. The molecule has 0 saturated carbocycles. The SMILES string of the molecule is COc1cc2c(c3c1c(=O)c1ccccc1n3C)[C@@H](O)[C@H](OC(=O)CCl)C(C)(C)O2. The van der Waals surface area contributed by atoms with E-state index in [-0.39, 0.29) is 11.3 Å². The summed E-state index contributed by atoms with van der Waals surface area (Å²) in [6.07, 6.45) is -2.26. The van der Waals surface area contributed by atoms with Crippen molar-refractivity contribution in [2.45, 2.75) is 31.7 Å². The van der Waals surface area contributed by atoms with E-state index >= 15 is 0 Å². The smallest absolute Gasteiger partial charge is 0.321 e. The third kappa shape index (κ3) is 2.92. The number of alkyl halides is 1. The molecule has 2 aromatic carbocycles. The first-order chi connectivity index (χ1) is 14.2. The number of aromatic nitrogens is 1. The molecule has 1 aliphatic rings. The quantitative estimate of drug-likeness (QED) is 0.389. The number of aliphatic hydroxyl groups excluding tert-OH is 1. The lowest BCUT2D eigenvalue weighted by atomic mass is 9.86. The zero-order valence-corrected chi connectivity index (χ0v) is 17.8. The Labute approximate surface area is 177 Å². The van der Waals surface area contributed by atoms with E-state index in [1.807, 2.05) is 16.7 Å². The highest BCUT2D eigenvalue weighted by atomic mass is 35.5. The molecule has 1 aliphatic heterocycles. The van der Waals surface area contributed by atoms with Gasteiger partial charge in [0.05, 0.1) is 29.1 Å². The minimum Gasteiger partial charge on any atom is -0.496 e. The topological polar surface area (TPSA) is 87.0 Å². The molecule has 0 radical (unpaired) electrons. The number of ether oxygens (including phenoxy) is 3. The van der Waals surface area contributed by atoms with Crippen LogP contribution in [0.4, 0.5) is 0 Å². The molecule has 2 atom stereocenters. The van der Waals surface area contributed by atoms with Crippen LogP contribution in [0.1, 0.15) is 25.5 Å². The van der Waals surface area contributed by atoms with Crippen LogP contribution in [0.5, 0.6) is 11.5 Å². The van der Waals surface area contributed by atoms with Gasteiger partial charge in [-0.15, -0.1) is 11.6 Å². The van der Waals surface area contributed by atoms with Crippen LogP contribution in [0.2, 0.25) is 0 Å². The molecule has 30 heavy (non-hydrogen) atoms. The van der Waals surface area contributed by atoms with Crippen molar-refractivity contribution < 1.29 is 24.1 Å². The molecule has 0 amide bonds. The number of hydrogen-bond donors (Lipinski definition) is 1. The third-order valence-corrected chi connectivity index (χ3v) is 5.78. The van der Waals surface area contributed by atoms with Crippen molar-refractivity contribution >= 4 is 39.4 Å². The second kappa shape index (κ2) is 7.18. The summed E-state index contributed by atoms with van der Waals surface area (Å²) in [5.41, 5.74) is 0.259. The fraction of sp³-hybridized carbons (Fsp3) is 0.364. The maximum Gasteiger partial charge on any atom is 0.321 e. The first-order valence-corrected chi connectivity index (χ1v) is 9.99. The fourth-order valence-electron chi connectivity index (χ4n) is 4.20. The van der Waals surface area contributed by atoms with Gasteiger partial charge in [-0.3, -0.25) is 9.59 Å². The normalized spacial score (nSPS) is 19.9. The number of hydrogen-bond acceptors (Lipinski definition) is 6. The zero-order chi connectivity index (χ0) is 21.8. The Bertz CT molecular complexity index is 1230. The van der Waals surface area contributed by atoms with Crippen molar-refractivity contribution in [3.63, 3.8) is 0 Å². The molecule has 1 aromatic heterocycles. The summed E-state index contributed by atoms with van der Waals surface area (Å²) in [6.45, 7) is 3.42. The Morgan fingerprint density at radius 1 is 1.33 bits per heavy atom. The van der Waals surface area contributed by atoms with E-state index in [4.69, 9.17) is 25.8 Å². The van der Waals surface area contributed by atoms with Crippen LogP contribution in [-0.2, 0) is 16.6 Å². The Kier molecular flexibility index (Phi) is 4.91. The summed E-state index contributed by atoms with van der Waals surface area (Å²) in [6, 6.07) is 8.80. The van der Waals surface area contributed by atoms with Gasteiger partial charge in [0, 0.05) is 18.5 Å². The van der Waals surface area contributed by atoms with Crippen molar-refractivity contribution in [2.24, 2.45) is 7.05 Å². The lowest BCUT2D eigenvalue weighted by Gasteiger charge is -2.42. The Morgan fingerprint density at radius 2 is 2.03 bits per heavy atom. The van der Waals surface area contributed by atoms with Gasteiger partial charge in [0.25, 0.3) is 0 Å². The molecule has 2 heterocycles. The number of para-hydroxylation sites is 1.